The van der Waals surface area contributed by atoms with Gasteiger partial charge in [-0.05, 0) is 52.0 Å². The molecule has 0 N–H and O–H groups in total. The van der Waals surface area contributed by atoms with E-state index in [-0.39, 0.29) is 5.78 Å². The summed E-state index contributed by atoms with van der Waals surface area (Å²) in [5.41, 5.74) is -0.686. The highest BCUT2D eigenvalue weighted by Gasteiger charge is 2.41. The van der Waals surface area contributed by atoms with E-state index in [9.17, 15) is 9.59 Å². The number of Topliss-reactive ketones (excluding diaryl/α,β-unsaturated/α-hetero) is 1. The highest BCUT2D eigenvalue weighted by atomic mass is 16.5. The number of esters is 1. The zero-order valence-electron chi connectivity index (χ0n) is 13.6. The van der Waals surface area contributed by atoms with Gasteiger partial charge in [-0.3, -0.25) is 14.5 Å². The van der Waals surface area contributed by atoms with Crippen molar-refractivity contribution in [2.75, 3.05) is 26.2 Å². The Morgan fingerprint density at radius 3 is 2.25 bits per heavy atom. The molecule has 1 fully saturated rings. The van der Waals surface area contributed by atoms with E-state index in [0.717, 1.165) is 32.4 Å². The summed E-state index contributed by atoms with van der Waals surface area (Å²) in [4.78, 5) is 26.4. The Morgan fingerprint density at radius 2 is 1.80 bits per heavy atom. The van der Waals surface area contributed by atoms with Gasteiger partial charge in [0.15, 0.2) is 5.78 Å². The summed E-state index contributed by atoms with van der Waals surface area (Å²) in [6.45, 7) is 12.1. The van der Waals surface area contributed by atoms with E-state index < -0.39 is 11.4 Å². The first-order chi connectivity index (χ1) is 9.31. The molecule has 0 aliphatic carbocycles. The molecule has 0 aromatic rings. The molecule has 0 unspecified atom stereocenters. The number of rotatable bonds is 7. The fourth-order valence-corrected chi connectivity index (χ4v) is 2.82. The Labute approximate surface area is 122 Å². The third-order valence-corrected chi connectivity index (χ3v) is 4.87. The van der Waals surface area contributed by atoms with E-state index in [1.165, 1.54) is 0 Å². The van der Waals surface area contributed by atoms with E-state index >= 15 is 0 Å². The first kappa shape index (κ1) is 17.2. The highest BCUT2D eigenvalue weighted by molar-refractivity contribution is 6.03. The molecule has 0 aromatic carbocycles. The molecule has 0 amide bonds. The van der Waals surface area contributed by atoms with Gasteiger partial charge in [0.1, 0.15) is 5.41 Å². The van der Waals surface area contributed by atoms with Gasteiger partial charge in [-0.25, -0.2) is 0 Å². The van der Waals surface area contributed by atoms with Crippen LogP contribution in [0.5, 0.6) is 0 Å². The minimum Gasteiger partial charge on any atom is -0.465 e. The predicted molar refractivity (Wildman–Crippen MR) is 79.5 cm³/mol. The van der Waals surface area contributed by atoms with E-state index in [0.29, 0.717) is 18.6 Å². The fraction of sp³-hybridized carbons (Fsp3) is 0.875. The number of likely N-dealkylation sites (tertiary alicyclic amines) is 1. The van der Waals surface area contributed by atoms with Crippen molar-refractivity contribution in [3.8, 4) is 0 Å². The van der Waals surface area contributed by atoms with Crippen LogP contribution in [0.2, 0.25) is 0 Å². The van der Waals surface area contributed by atoms with Crippen molar-refractivity contribution in [1.29, 1.82) is 0 Å². The van der Waals surface area contributed by atoms with Crippen molar-refractivity contribution in [2.45, 2.75) is 53.9 Å². The zero-order chi connectivity index (χ0) is 15.4. The molecule has 0 spiro atoms. The standard InChI is InChI=1S/C16H29NO3/c1-6-16(7-2)9-10-17(12-16)11-13(18)15(4,5)14(19)20-8-3/h6-12H2,1-5H3. The van der Waals surface area contributed by atoms with Gasteiger partial charge in [-0.2, -0.15) is 0 Å². The molecule has 4 heteroatoms. The third-order valence-electron chi connectivity index (χ3n) is 4.87. The van der Waals surface area contributed by atoms with Crippen molar-refractivity contribution in [3.63, 3.8) is 0 Å². The quantitative estimate of drug-likeness (QED) is 0.532. The van der Waals surface area contributed by atoms with Crippen LogP contribution in [-0.4, -0.2) is 42.9 Å². The van der Waals surface area contributed by atoms with Crippen LogP contribution in [0.25, 0.3) is 0 Å². The van der Waals surface area contributed by atoms with Crippen molar-refractivity contribution in [1.82, 2.24) is 4.90 Å². The van der Waals surface area contributed by atoms with Crippen molar-refractivity contribution >= 4 is 11.8 Å². The van der Waals surface area contributed by atoms with Crippen LogP contribution in [-0.2, 0) is 14.3 Å². The Balaban J connectivity index is 2.61. The molecule has 0 bridgehead atoms. The van der Waals surface area contributed by atoms with Crippen LogP contribution in [0.3, 0.4) is 0 Å². The number of nitrogens with zero attached hydrogens (tertiary/aromatic N) is 1. The Bertz CT molecular complexity index is 359. The average Bonchev–Trinajstić information content (AvgIpc) is 2.83. The Hall–Kier alpha value is -0.900. The summed E-state index contributed by atoms with van der Waals surface area (Å²) >= 11 is 0. The van der Waals surface area contributed by atoms with Crippen LogP contribution in [0.15, 0.2) is 0 Å². The van der Waals surface area contributed by atoms with Crippen molar-refractivity contribution < 1.29 is 14.3 Å². The molecule has 1 aliphatic heterocycles. The minimum atomic E-state index is -1.04. The Morgan fingerprint density at radius 1 is 1.20 bits per heavy atom. The maximum Gasteiger partial charge on any atom is 0.319 e. The molecule has 1 saturated heterocycles. The fourth-order valence-electron chi connectivity index (χ4n) is 2.82. The van der Waals surface area contributed by atoms with E-state index in [2.05, 4.69) is 18.7 Å². The second-order valence-electron chi connectivity index (χ2n) is 6.44. The zero-order valence-corrected chi connectivity index (χ0v) is 13.6. The molecule has 0 saturated carbocycles. The maximum absolute atomic E-state index is 12.4. The number of carbonyl (C=O) groups excluding carboxylic acids is 2. The summed E-state index contributed by atoms with van der Waals surface area (Å²) in [7, 11) is 0. The lowest BCUT2D eigenvalue weighted by Crippen LogP contribution is -2.42. The van der Waals surface area contributed by atoms with Crippen molar-refractivity contribution in [2.24, 2.45) is 10.8 Å². The molecule has 1 rings (SSSR count). The maximum atomic E-state index is 12.4. The van der Waals surface area contributed by atoms with Gasteiger partial charge in [0.25, 0.3) is 0 Å². The molecule has 0 atom stereocenters. The smallest absolute Gasteiger partial charge is 0.319 e. The number of ketones is 1. The first-order valence-corrected chi connectivity index (χ1v) is 7.74. The molecule has 0 aromatic heterocycles. The normalized spacial score (nSPS) is 19.1. The minimum absolute atomic E-state index is 0.0426. The van der Waals surface area contributed by atoms with Gasteiger partial charge < -0.3 is 4.74 Å². The number of hydrogen-bond acceptors (Lipinski definition) is 4. The first-order valence-electron chi connectivity index (χ1n) is 7.74. The largest absolute Gasteiger partial charge is 0.465 e. The van der Waals surface area contributed by atoms with Gasteiger partial charge in [0.05, 0.1) is 13.2 Å². The van der Waals surface area contributed by atoms with Crippen LogP contribution in [0.1, 0.15) is 53.9 Å². The molecule has 0 radical (unpaired) electrons. The molecule has 4 nitrogen and oxygen atoms in total. The van der Waals surface area contributed by atoms with Crippen molar-refractivity contribution in [3.05, 3.63) is 0 Å². The van der Waals surface area contributed by atoms with E-state index in [1.807, 2.05) is 0 Å². The van der Waals surface area contributed by atoms with Crippen LogP contribution >= 0.6 is 0 Å². The number of hydrogen-bond donors (Lipinski definition) is 0. The lowest BCUT2D eigenvalue weighted by atomic mass is 9.82. The molecular formula is C16H29NO3. The molecule has 1 aliphatic rings. The van der Waals surface area contributed by atoms with Gasteiger partial charge in [0, 0.05) is 6.54 Å². The third kappa shape index (κ3) is 3.60. The lowest BCUT2D eigenvalue weighted by Gasteiger charge is -2.28. The number of carbonyl (C=O) groups is 2. The SMILES string of the molecule is CCOC(=O)C(C)(C)C(=O)CN1CCC(CC)(CC)C1. The average molecular weight is 283 g/mol. The monoisotopic (exact) mass is 283 g/mol. The summed E-state index contributed by atoms with van der Waals surface area (Å²) < 4.78 is 5.00. The lowest BCUT2D eigenvalue weighted by molar-refractivity contribution is -0.158. The summed E-state index contributed by atoms with van der Waals surface area (Å²) in [5, 5.41) is 0. The van der Waals surface area contributed by atoms with Gasteiger partial charge in [-0.1, -0.05) is 13.8 Å². The molecular weight excluding hydrogens is 254 g/mol. The van der Waals surface area contributed by atoms with Crippen LogP contribution in [0.4, 0.5) is 0 Å². The highest BCUT2D eigenvalue weighted by Crippen LogP contribution is 2.37. The molecule has 116 valence electrons. The predicted octanol–water partition coefficient (Wildman–Crippen LogP) is 2.66. The summed E-state index contributed by atoms with van der Waals surface area (Å²) in [6, 6.07) is 0. The van der Waals surface area contributed by atoms with Gasteiger partial charge in [0.2, 0.25) is 0 Å². The van der Waals surface area contributed by atoms with Gasteiger partial charge in [-0.15, -0.1) is 0 Å². The van der Waals surface area contributed by atoms with Gasteiger partial charge >= 0.3 is 5.97 Å². The molecule has 20 heavy (non-hydrogen) atoms. The Kier molecular flexibility index (Phi) is 5.75. The summed E-state index contributed by atoms with van der Waals surface area (Å²) in [6.07, 6.45) is 3.44. The number of ether oxygens (including phenoxy) is 1. The second-order valence-corrected chi connectivity index (χ2v) is 6.44. The topological polar surface area (TPSA) is 46.6 Å². The molecule has 1 heterocycles. The summed E-state index contributed by atoms with van der Waals surface area (Å²) in [5.74, 6) is -0.458. The van der Waals surface area contributed by atoms with Crippen LogP contribution in [0, 0.1) is 10.8 Å². The van der Waals surface area contributed by atoms with E-state index in [1.54, 1.807) is 20.8 Å². The van der Waals surface area contributed by atoms with E-state index in [4.69, 9.17) is 4.74 Å². The second kappa shape index (κ2) is 6.70. The van der Waals surface area contributed by atoms with Crippen LogP contribution < -0.4 is 0 Å².